The Kier molecular flexibility index (Phi) is 4.87. The molecule has 1 aromatic heterocycles. The van der Waals surface area contributed by atoms with Gasteiger partial charge in [-0.25, -0.2) is 4.68 Å². The van der Waals surface area contributed by atoms with Crippen LogP contribution in [0.15, 0.2) is 36.4 Å². The zero-order valence-corrected chi connectivity index (χ0v) is 16.6. The summed E-state index contributed by atoms with van der Waals surface area (Å²) in [6.45, 7) is 2.96. The molecule has 1 N–H and O–H groups in total. The highest BCUT2D eigenvalue weighted by Gasteiger charge is 2.23. The largest absolute Gasteiger partial charge is 0.370 e. The second-order valence-corrected chi connectivity index (χ2v) is 7.81. The van der Waals surface area contributed by atoms with Crippen LogP contribution in [0.25, 0.3) is 16.9 Å². The molecule has 3 nitrogen and oxygen atoms in total. The molecule has 2 aromatic carbocycles. The fourth-order valence-corrected chi connectivity index (χ4v) is 4.03. The first kappa shape index (κ1) is 17.7. The van der Waals surface area contributed by atoms with E-state index in [2.05, 4.69) is 5.32 Å². The van der Waals surface area contributed by atoms with Crippen molar-refractivity contribution in [3.63, 3.8) is 0 Å². The predicted molar refractivity (Wildman–Crippen MR) is 110 cm³/mol. The van der Waals surface area contributed by atoms with Gasteiger partial charge in [-0.1, -0.05) is 34.8 Å². The van der Waals surface area contributed by atoms with E-state index in [-0.39, 0.29) is 0 Å². The van der Waals surface area contributed by atoms with Crippen molar-refractivity contribution in [1.82, 2.24) is 9.78 Å². The van der Waals surface area contributed by atoms with Gasteiger partial charge in [0.1, 0.15) is 5.82 Å². The molecule has 0 aliphatic carbocycles. The summed E-state index contributed by atoms with van der Waals surface area (Å²) in [5.74, 6) is 1.03. The SMILES string of the molecule is Cc1cc(Cl)ccc1-n1nc(-c2cc(Cl)ccc2Cl)c2c1NCCCC2. The zero-order valence-electron chi connectivity index (χ0n) is 14.3. The molecule has 0 unspecified atom stereocenters. The molecule has 6 heteroatoms. The number of hydrogen-bond acceptors (Lipinski definition) is 2. The molecule has 0 amide bonds. The maximum Gasteiger partial charge on any atom is 0.133 e. The smallest absolute Gasteiger partial charge is 0.133 e. The Hall–Kier alpha value is -1.68. The van der Waals surface area contributed by atoms with Crippen LogP contribution in [0.1, 0.15) is 24.0 Å². The molecular weight excluding hydrogens is 389 g/mol. The summed E-state index contributed by atoms with van der Waals surface area (Å²) in [4.78, 5) is 0. The van der Waals surface area contributed by atoms with Gasteiger partial charge in [-0.2, -0.15) is 5.10 Å². The lowest BCUT2D eigenvalue weighted by Gasteiger charge is -2.11. The number of benzene rings is 2. The highest BCUT2D eigenvalue weighted by molar-refractivity contribution is 6.35. The molecule has 1 aliphatic heterocycles. The first-order chi connectivity index (χ1) is 12.5. The van der Waals surface area contributed by atoms with Gasteiger partial charge in [-0.3, -0.25) is 0 Å². The molecule has 1 aliphatic rings. The second-order valence-electron chi connectivity index (χ2n) is 6.53. The summed E-state index contributed by atoms with van der Waals surface area (Å²) in [6.07, 6.45) is 3.18. The minimum Gasteiger partial charge on any atom is -0.370 e. The van der Waals surface area contributed by atoms with Gasteiger partial charge in [0.2, 0.25) is 0 Å². The van der Waals surface area contributed by atoms with E-state index in [4.69, 9.17) is 39.9 Å². The lowest BCUT2D eigenvalue weighted by molar-refractivity contribution is 0.779. The third kappa shape index (κ3) is 3.20. The van der Waals surface area contributed by atoms with Crippen LogP contribution >= 0.6 is 34.8 Å². The van der Waals surface area contributed by atoms with Crippen molar-refractivity contribution in [2.45, 2.75) is 26.2 Å². The topological polar surface area (TPSA) is 29.9 Å². The van der Waals surface area contributed by atoms with E-state index in [9.17, 15) is 0 Å². The van der Waals surface area contributed by atoms with Crippen molar-refractivity contribution in [1.29, 1.82) is 0 Å². The summed E-state index contributed by atoms with van der Waals surface area (Å²) in [7, 11) is 0. The van der Waals surface area contributed by atoms with Crippen LogP contribution < -0.4 is 5.32 Å². The zero-order chi connectivity index (χ0) is 18.3. The Morgan fingerprint density at radius 3 is 2.58 bits per heavy atom. The fourth-order valence-electron chi connectivity index (χ4n) is 3.43. The number of halogens is 3. The number of rotatable bonds is 2. The molecule has 4 rings (SSSR count). The van der Waals surface area contributed by atoms with E-state index < -0.39 is 0 Å². The number of hydrogen-bond donors (Lipinski definition) is 1. The van der Waals surface area contributed by atoms with Crippen LogP contribution in [0.2, 0.25) is 15.1 Å². The molecule has 0 saturated carbocycles. The van der Waals surface area contributed by atoms with Gasteiger partial charge in [0.05, 0.1) is 16.4 Å². The fraction of sp³-hybridized carbons (Fsp3) is 0.250. The minimum atomic E-state index is 0.650. The van der Waals surface area contributed by atoms with Crippen LogP contribution in [-0.2, 0) is 6.42 Å². The third-order valence-corrected chi connectivity index (χ3v) is 5.50. The van der Waals surface area contributed by atoms with Crippen LogP contribution in [0.5, 0.6) is 0 Å². The lowest BCUT2D eigenvalue weighted by Crippen LogP contribution is -2.08. The van der Waals surface area contributed by atoms with Crippen LogP contribution in [0.3, 0.4) is 0 Å². The summed E-state index contributed by atoms with van der Waals surface area (Å²) in [5.41, 5.74) is 5.00. The number of nitrogens with zero attached hydrogens (tertiary/aromatic N) is 2. The number of anilines is 1. The van der Waals surface area contributed by atoms with E-state index in [0.717, 1.165) is 59.2 Å². The van der Waals surface area contributed by atoms with E-state index in [1.807, 2.05) is 41.9 Å². The lowest BCUT2D eigenvalue weighted by atomic mass is 10.0. The van der Waals surface area contributed by atoms with Crippen molar-refractivity contribution in [2.75, 3.05) is 11.9 Å². The predicted octanol–water partition coefficient (Wildman–Crippen LogP) is 6.56. The second kappa shape index (κ2) is 7.15. The minimum absolute atomic E-state index is 0.650. The average molecular weight is 407 g/mol. The van der Waals surface area contributed by atoms with Crippen LogP contribution in [-0.4, -0.2) is 16.3 Å². The number of nitrogens with one attached hydrogen (secondary N) is 1. The first-order valence-electron chi connectivity index (χ1n) is 8.62. The quantitative estimate of drug-likeness (QED) is 0.522. The molecule has 134 valence electrons. The maximum atomic E-state index is 6.48. The van der Waals surface area contributed by atoms with Crippen molar-refractivity contribution in [3.05, 3.63) is 62.6 Å². The van der Waals surface area contributed by atoms with E-state index in [1.165, 1.54) is 5.56 Å². The van der Waals surface area contributed by atoms with Crippen LogP contribution in [0.4, 0.5) is 5.82 Å². The normalized spacial score (nSPS) is 13.8. The Balaban J connectivity index is 1.96. The van der Waals surface area contributed by atoms with Crippen molar-refractivity contribution in [2.24, 2.45) is 0 Å². The van der Waals surface area contributed by atoms with Gasteiger partial charge >= 0.3 is 0 Å². The summed E-state index contributed by atoms with van der Waals surface area (Å²) in [5, 5.41) is 10.5. The van der Waals surface area contributed by atoms with Gasteiger partial charge in [0.15, 0.2) is 0 Å². The first-order valence-corrected chi connectivity index (χ1v) is 9.75. The molecule has 0 fully saturated rings. The van der Waals surface area contributed by atoms with E-state index in [0.29, 0.717) is 10.0 Å². The van der Waals surface area contributed by atoms with Crippen molar-refractivity contribution >= 4 is 40.6 Å². The molecule has 0 spiro atoms. The molecule has 26 heavy (non-hydrogen) atoms. The standard InChI is InChI=1S/C20H18Cl3N3/c1-12-10-13(21)6-8-18(12)26-20-15(4-2-3-9-24-20)19(25-26)16-11-14(22)5-7-17(16)23/h5-8,10-11,24H,2-4,9H2,1H3. The van der Waals surface area contributed by atoms with Gasteiger partial charge in [0, 0.05) is 27.7 Å². The third-order valence-electron chi connectivity index (χ3n) is 4.70. The Bertz CT molecular complexity index is 979. The van der Waals surface area contributed by atoms with Gasteiger partial charge in [-0.05, 0) is 68.1 Å². The highest BCUT2D eigenvalue weighted by Crippen LogP contribution is 2.38. The molecule has 0 saturated heterocycles. The van der Waals surface area contributed by atoms with Crippen molar-refractivity contribution < 1.29 is 0 Å². The maximum absolute atomic E-state index is 6.48. The molecule has 0 radical (unpaired) electrons. The molecule has 0 atom stereocenters. The summed E-state index contributed by atoms with van der Waals surface area (Å²) < 4.78 is 1.97. The van der Waals surface area contributed by atoms with E-state index in [1.54, 1.807) is 6.07 Å². The average Bonchev–Trinajstić information content (AvgIpc) is 2.78. The molecule has 0 bridgehead atoms. The highest BCUT2D eigenvalue weighted by atomic mass is 35.5. The van der Waals surface area contributed by atoms with Gasteiger partial charge in [-0.15, -0.1) is 0 Å². The van der Waals surface area contributed by atoms with Crippen molar-refractivity contribution in [3.8, 4) is 16.9 Å². The van der Waals surface area contributed by atoms with E-state index >= 15 is 0 Å². The van der Waals surface area contributed by atoms with Gasteiger partial charge in [0.25, 0.3) is 0 Å². The monoisotopic (exact) mass is 405 g/mol. The molecule has 3 aromatic rings. The Morgan fingerprint density at radius 2 is 1.77 bits per heavy atom. The number of fused-ring (bicyclic) bond motifs is 1. The summed E-state index contributed by atoms with van der Waals surface area (Å²) in [6, 6.07) is 11.3. The Labute approximate surface area is 167 Å². The van der Waals surface area contributed by atoms with Crippen LogP contribution in [0, 0.1) is 6.92 Å². The van der Waals surface area contributed by atoms with Gasteiger partial charge < -0.3 is 5.32 Å². The number of aromatic nitrogens is 2. The molecular formula is C20H18Cl3N3. The number of aryl methyl sites for hydroxylation is 1. The summed E-state index contributed by atoms with van der Waals surface area (Å²) >= 11 is 18.8. The Morgan fingerprint density at radius 1 is 1.00 bits per heavy atom. The molecule has 2 heterocycles.